The van der Waals surface area contributed by atoms with Gasteiger partial charge in [-0.2, -0.15) is 5.10 Å². The van der Waals surface area contributed by atoms with E-state index >= 15 is 0 Å². The van der Waals surface area contributed by atoms with E-state index in [0.29, 0.717) is 12.5 Å². The molecule has 1 heterocycles. The molecule has 72 valence electrons. The highest BCUT2D eigenvalue weighted by Crippen LogP contribution is 2.32. The fraction of sp³-hybridized carbons (Fsp3) is 0.778. The van der Waals surface area contributed by atoms with E-state index in [4.69, 9.17) is 5.73 Å². The van der Waals surface area contributed by atoms with Crippen LogP contribution in [0.3, 0.4) is 0 Å². The Kier molecular flexibility index (Phi) is 2.31. The number of nitrogens with two attached hydrogens (primary N) is 1. The zero-order valence-electron chi connectivity index (χ0n) is 8.03. The molecule has 1 aliphatic carbocycles. The van der Waals surface area contributed by atoms with E-state index in [2.05, 4.69) is 10.1 Å². The maximum Gasteiger partial charge on any atom is 0.164 e. The van der Waals surface area contributed by atoms with Gasteiger partial charge in [0.1, 0.15) is 5.82 Å². The molecule has 0 unspecified atom stereocenters. The Balaban J connectivity index is 2.22. The lowest BCUT2D eigenvalue weighted by Gasteiger charge is -2.05. The minimum atomic E-state index is 0.445. The average Bonchev–Trinajstić information content (AvgIpc) is 2.72. The van der Waals surface area contributed by atoms with Gasteiger partial charge in [-0.3, -0.25) is 4.68 Å². The van der Waals surface area contributed by atoms with Crippen LogP contribution in [0.4, 0.5) is 0 Å². The highest BCUT2D eigenvalue weighted by atomic mass is 15.3. The molecule has 13 heavy (non-hydrogen) atoms. The van der Waals surface area contributed by atoms with Crippen molar-refractivity contribution in [3.05, 3.63) is 11.6 Å². The maximum absolute atomic E-state index is 5.49. The Hall–Kier alpha value is -0.900. The maximum atomic E-state index is 5.49. The molecule has 2 rings (SSSR count). The van der Waals surface area contributed by atoms with Gasteiger partial charge in [-0.15, -0.1) is 0 Å². The molecule has 0 atom stereocenters. The molecule has 0 bridgehead atoms. The number of aryl methyl sites for hydroxylation is 1. The predicted molar refractivity (Wildman–Crippen MR) is 50.1 cm³/mol. The SMILES string of the molecule is Cn1nc(CN)nc1C1CCCC1. The number of aromatic nitrogens is 3. The molecule has 0 radical (unpaired) electrons. The van der Waals surface area contributed by atoms with Gasteiger partial charge >= 0.3 is 0 Å². The summed E-state index contributed by atoms with van der Waals surface area (Å²) in [6.45, 7) is 0.445. The molecule has 1 aromatic rings. The number of hydrogen-bond acceptors (Lipinski definition) is 3. The lowest BCUT2D eigenvalue weighted by Crippen LogP contribution is -2.03. The second-order valence-corrected chi connectivity index (χ2v) is 3.70. The zero-order valence-corrected chi connectivity index (χ0v) is 8.03. The van der Waals surface area contributed by atoms with Crippen molar-refractivity contribution in [2.75, 3.05) is 0 Å². The molecule has 1 saturated carbocycles. The third-order valence-corrected chi connectivity index (χ3v) is 2.74. The molecule has 4 heteroatoms. The molecule has 1 aliphatic rings. The fourth-order valence-corrected chi connectivity index (χ4v) is 2.08. The van der Waals surface area contributed by atoms with Crippen LogP contribution in [-0.2, 0) is 13.6 Å². The predicted octanol–water partition coefficient (Wildman–Crippen LogP) is 0.931. The second-order valence-electron chi connectivity index (χ2n) is 3.70. The summed E-state index contributed by atoms with van der Waals surface area (Å²) in [5.74, 6) is 2.51. The molecule has 4 nitrogen and oxygen atoms in total. The van der Waals surface area contributed by atoms with Gasteiger partial charge in [0.15, 0.2) is 5.82 Å². The van der Waals surface area contributed by atoms with Gasteiger partial charge in [0.25, 0.3) is 0 Å². The zero-order chi connectivity index (χ0) is 9.26. The van der Waals surface area contributed by atoms with Gasteiger partial charge in [0.2, 0.25) is 0 Å². The van der Waals surface area contributed by atoms with Gasteiger partial charge in [0.05, 0.1) is 6.54 Å². The molecule has 0 spiro atoms. The molecule has 0 amide bonds. The van der Waals surface area contributed by atoms with E-state index in [1.807, 2.05) is 11.7 Å². The summed E-state index contributed by atoms with van der Waals surface area (Å²) in [4.78, 5) is 4.44. The number of hydrogen-bond donors (Lipinski definition) is 1. The first-order chi connectivity index (χ1) is 6.31. The van der Waals surface area contributed by atoms with Crippen LogP contribution in [0.15, 0.2) is 0 Å². The summed E-state index contributed by atoms with van der Waals surface area (Å²) in [6.07, 6.45) is 5.18. The van der Waals surface area contributed by atoms with Crippen molar-refractivity contribution in [2.24, 2.45) is 12.8 Å². The van der Waals surface area contributed by atoms with Crippen molar-refractivity contribution in [1.82, 2.24) is 14.8 Å². The Morgan fingerprint density at radius 2 is 2.15 bits per heavy atom. The minimum absolute atomic E-state index is 0.445. The first-order valence-corrected chi connectivity index (χ1v) is 4.91. The Morgan fingerprint density at radius 1 is 1.46 bits per heavy atom. The summed E-state index contributed by atoms with van der Waals surface area (Å²) < 4.78 is 1.89. The average molecular weight is 180 g/mol. The van der Waals surface area contributed by atoms with Gasteiger partial charge < -0.3 is 5.73 Å². The smallest absolute Gasteiger partial charge is 0.164 e. The van der Waals surface area contributed by atoms with Gasteiger partial charge in [-0.05, 0) is 12.8 Å². The molecular weight excluding hydrogens is 164 g/mol. The Bertz CT molecular complexity index is 286. The van der Waals surface area contributed by atoms with E-state index < -0.39 is 0 Å². The highest BCUT2D eigenvalue weighted by molar-refractivity contribution is 5.01. The standard InChI is InChI=1S/C9H16N4/c1-13-9(7-4-2-3-5-7)11-8(6-10)12-13/h7H,2-6,10H2,1H3. The second kappa shape index (κ2) is 3.46. The van der Waals surface area contributed by atoms with Crippen LogP contribution in [0.25, 0.3) is 0 Å². The number of nitrogens with zero attached hydrogens (tertiary/aromatic N) is 3. The van der Waals surface area contributed by atoms with E-state index in [1.165, 1.54) is 25.7 Å². The van der Waals surface area contributed by atoms with Crippen molar-refractivity contribution < 1.29 is 0 Å². The van der Waals surface area contributed by atoms with Crippen molar-refractivity contribution in [3.8, 4) is 0 Å². The molecule has 2 N–H and O–H groups in total. The third-order valence-electron chi connectivity index (χ3n) is 2.74. The van der Waals surface area contributed by atoms with Crippen LogP contribution in [0.1, 0.15) is 43.3 Å². The summed E-state index contributed by atoms with van der Waals surface area (Å²) in [7, 11) is 1.96. The first-order valence-electron chi connectivity index (χ1n) is 4.91. The summed E-state index contributed by atoms with van der Waals surface area (Å²) in [5, 5.41) is 4.25. The van der Waals surface area contributed by atoms with Crippen LogP contribution in [-0.4, -0.2) is 14.8 Å². The monoisotopic (exact) mass is 180 g/mol. The molecular formula is C9H16N4. The topological polar surface area (TPSA) is 56.7 Å². The van der Waals surface area contributed by atoms with E-state index in [9.17, 15) is 0 Å². The molecule has 0 aromatic carbocycles. The summed E-state index contributed by atoms with van der Waals surface area (Å²) >= 11 is 0. The van der Waals surface area contributed by atoms with Crippen LogP contribution < -0.4 is 5.73 Å². The lowest BCUT2D eigenvalue weighted by molar-refractivity contribution is 0.601. The van der Waals surface area contributed by atoms with E-state index in [-0.39, 0.29) is 0 Å². The van der Waals surface area contributed by atoms with Crippen molar-refractivity contribution in [3.63, 3.8) is 0 Å². The van der Waals surface area contributed by atoms with Crippen molar-refractivity contribution in [2.45, 2.75) is 38.1 Å². The van der Waals surface area contributed by atoms with Gasteiger partial charge in [0, 0.05) is 13.0 Å². The molecule has 1 fully saturated rings. The Labute approximate surface area is 78.1 Å². The number of rotatable bonds is 2. The minimum Gasteiger partial charge on any atom is -0.324 e. The largest absolute Gasteiger partial charge is 0.324 e. The van der Waals surface area contributed by atoms with Crippen molar-refractivity contribution >= 4 is 0 Å². The quantitative estimate of drug-likeness (QED) is 0.736. The highest BCUT2D eigenvalue weighted by Gasteiger charge is 2.21. The van der Waals surface area contributed by atoms with E-state index in [0.717, 1.165) is 11.6 Å². The van der Waals surface area contributed by atoms with Gasteiger partial charge in [-0.25, -0.2) is 4.98 Å². The van der Waals surface area contributed by atoms with Gasteiger partial charge in [-0.1, -0.05) is 12.8 Å². The van der Waals surface area contributed by atoms with Crippen LogP contribution >= 0.6 is 0 Å². The normalized spacial score (nSPS) is 18.3. The van der Waals surface area contributed by atoms with Crippen LogP contribution in [0, 0.1) is 0 Å². The lowest BCUT2D eigenvalue weighted by atomic mass is 10.1. The molecule has 0 saturated heterocycles. The fourth-order valence-electron chi connectivity index (χ4n) is 2.08. The van der Waals surface area contributed by atoms with Crippen LogP contribution in [0.2, 0.25) is 0 Å². The van der Waals surface area contributed by atoms with E-state index in [1.54, 1.807) is 0 Å². The summed E-state index contributed by atoms with van der Waals surface area (Å²) in [5.41, 5.74) is 5.49. The third kappa shape index (κ3) is 1.58. The molecule has 1 aromatic heterocycles. The first kappa shape index (κ1) is 8.69. The molecule has 0 aliphatic heterocycles. The van der Waals surface area contributed by atoms with Crippen LogP contribution in [0.5, 0.6) is 0 Å². The van der Waals surface area contributed by atoms with Crippen molar-refractivity contribution in [1.29, 1.82) is 0 Å². The summed E-state index contributed by atoms with van der Waals surface area (Å²) in [6, 6.07) is 0. The Morgan fingerprint density at radius 3 is 2.69 bits per heavy atom.